The van der Waals surface area contributed by atoms with E-state index in [-0.39, 0.29) is 12.1 Å². The van der Waals surface area contributed by atoms with E-state index in [9.17, 15) is 5.11 Å². The van der Waals surface area contributed by atoms with Gasteiger partial charge in [-0.25, -0.2) is 0 Å². The van der Waals surface area contributed by atoms with E-state index >= 15 is 0 Å². The van der Waals surface area contributed by atoms with Crippen molar-refractivity contribution in [2.24, 2.45) is 0 Å². The van der Waals surface area contributed by atoms with Crippen LogP contribution < -0.4 is 19.5 Å². The molecule has 1 aromatic carbocycles. The van der Waals surface area contributed by atoms with Gasteiger partial charge in [-0.15, -0.1) is 0 Å². The molecule has 0 amide bonds. The first kappa shape index (κ1) is 15.9. The predicted molar refractivity (Wildman–Crippen MR) is 81.2 cm³/mol. The molecule has 5 nitrogen and oxygen atoms in total. The molecule has 0 aliphatic carbocycles. The SMILES string of the molecule is CCC(C)(CCO)NCc1cc(OC)c2c(c1)OCCO2. The second-order valence-electron chi connectivity index (χ2n) is 5.56. The van der Waals surface area contributed by atoms with Gasteiger partial charge in [-0.2, -0.15) is 0 Å². The number of aliphatic hydroxyl groups is 1. The first-order valence-corrected chi connectivity index (χ1v) is 7.44. The lowest BCUT2D eigenvalue weighted by molar-refractivity contribution is 0.164. The fraction of sp³-hybridized carbons (Fsp3) is 0.625. The van der Waals surface area contributed by atoms with Gasteiger partial charge < -0.3 is 24.6 Å². The van der Waals surface area contributed by atoms with E-state index in [2.05, 4.69) is 19.2 Å². The molecule has 1 unspecified atom stereocenters. The zero-order valence-electron chi connectivity index (χ0n) is 13.1. The predicted octanol–water partition coefficient (Wildman–Crippen LogP) is 2.11. The Morgan fingerprint density at radius 3 is 2.76 bits per heavy atom. The van der Waals surface area contributed by atoms with E-state index in [0.717, 1.165) is 24.2 Å². The number of rotatable bonds is 7. The van der Waals surface area contributed by atoms with Gasteiger partial charge in [0.15, 0.2) is 11.5 Å². The van der Waals surface area contributed by atoms with Crippen molar-refractivity contribution in [3.63, 3.8) is 0 Å². The van der Waals surface area contributed by atoms with Crippen molar-refractivity contribution in [3.05, 3.63) is 17.7 Å². The number of aliphatic hydroxyl groups excluding tert-OH is 1. The van der Waals surface area contributed by atoms with Gasteiger partial charge in [0.1, 0.15) is 13.2 Å². The van der Waals surface area contributed by atoms with Crippen LogP contribution in [-0.4, -0.2) is 37.6 Å². The monoisotopic (exact) mass is 295 g/mol. The quantitative estimate of drug-likeness (QED) is 0.807. The summed E-state index contributed by atoms with van der Waals surface area (Å²) in [6.45, 7) is 6.22. The third-order valence-electron chi connectivity index (χ3n) is 4.05. The zero-order chi connectivity index (χ0) is 15.3. The number of fused-ring (bicyclic) bond motifs is 1. The maximum Gasteiger partial charge on any atom is 0.203 e. The van der Waals surface area contributed by atoms with Crippen molar-refractivity contribution < 1.29 is 19.3 Å². The first-order chi connectivity index (χ1) is 10.1. The van der Waals surface area contributed by atoms with Gasteiger partial charge >= 0.3 is 0 Å². The highest BCUT2D eigenvalue weighted by molar-refractivity contribution is 5.54. The molecule has 0 saturated carbocycles. The van der Waals surface area contributed by atoms with Crippen LogP contribution in [0.1, 0.15) is 32.3 Å². The Labute approximate surface area is 126 Å². The van der Waals surface area contributed by atoms with Crippen LogP contribution in [0.2, 0.25) is 0 Å². The summed E-state index contributed by atoms with van der Waals surface area (Å²) in [6, 6.07) is 3.95. The highest BCUT2D eigenvalue weighted by atomic mass is 16.6. The minimum absolute atomic E-state index is 0.0742. The second kappa shape index (κ2) is 7.00. The van der Waals surface area contributed by atoms with Crippen molar-refractivity contribution in [1.29, 1.82) is 0 Å². The number of ether oxygens (including phenoxy) is 3. The molecule has 118 valence electrons. The molecule has 21 heavy (non-hydrogen) atoms. The largest absolute Gasteiger partial charge is 0.493 e. The van der Waals surface area contributed by atoms with Gasteiger partial charge in [0, 0.05) is 18.7 Å². The standard InChI is InChI=1S/C16H25NO4/c1-4-16(2,5-6-18)17-11-12-9-13(19-3)15-14(10-12)20-7-8-21-15/h9-10,17-18H,4-8,11H2,1-3H3. The Bertz CT molecular complexity index is 460. The number of benzene rings is 1. The molecule has 1 aliphatic rings. The maximum atomic E-state index is 9.17. The van der Waals surface area contributed by atoms with Gasteiger partial charge in [-0.05, 0) is 37.5 Å². The van der Waals surface area contributed by atoms with Crippen LogP contribution in [0.3, 0.4) is 0 Å². The third-order valence-corrected chi connectivity index (χ3v) is 4.05. The topological polar surface area (TPSA) is 60.0 Å². The van der Waals surface area contributed by atoms with Crippen molar-refractivity contribution in [3.8, 4) is 17.2 Å². The van der Waals surface area contributed by atoms with Crippen LogP contribution in [0.25, 0.3) is 0 Å². The molecule has 0 fully saturated rings. The maximum absolute atomic E-state index is 9.17. The molecule has 1 heterocycles. The summed E-state index contributed by atoms with van der Waals surface area (Å²) in [6.07, 6.45) is 1.68. The third kappa shape index (κ3) is 3.80. The molecule has 5 heteroatoms. The van der Waals surface area contributed by atoms with Crippen molar-refractivity contribution in [2.45, 2.75) is 38.8 Å². The van der Waals surface area contributed by atoms with Crippen molar-refractivity contribution >= 4 is 0 Å². The molecule has 1 aromatic rings. The number of nitrogens with one attached hydrogen (secondary N) is 1. The van der Waals surface area contributed by atoms with Gasteiger partial charge in [0.2, 0.25) is 5.75 Å². The highest BCUT2D eigenvalue weighted by Crippen LogP contribution is 2.40. The minimum atomic E-state index is -0.0742. The molecule has 1 aliphatic heterocycles. The first-order valence-electron chi connectivity index (χ1n) is 7.44. The fourth-order valence-electron chi connectivity index (χ4n) is 2.38. The van der Waals surface area contributed by atoms with E-state index in [4.69, 9.17) is 14.2 Å². The van der Waals surface area contributed by atoms with Crippen LogP contribution in [0, 0.1) is 0 Å². The molecule has 2 rings (SSSR count). The van der Waals surface area contributed by atoms with Crippen LogP contribution in [0.4, 0.5) is 0 Å². The molecular weight excluding hydrogens is 270 g/mol. The van der Waals surface area contributed by atoms with Crippen molar-refractivity contribution in [1.82, 2.24) is 5.32 Å². The lowest BCUT2D eigenvalue weighted by Crippen LogP contribution is -2.42. The summed E-state index contributed by atoms with van der Waals surface area (Å²) >= 11 is 0. The smallest absolute Gasteiger partial charge is 0.203 e. The van der Waals surface area contributed by atoms with E-state index in [1.165, 1.54) is 0 Å². The molecule has 0 saturated heterocycles. The molecule has 0 radical (unpaired) electrons. The average molecular weight is 295 g/mol. The fourth-order valence-corrected chi connectivity index (χ4v) is 2.38. The molecule has 0 aromatic heterocycles. The summed E-state index contributed by atoms with van der Waals surface area (Å²) in [5, 5.41) is 12.7. The van der Waals surface area contributed by atoms with Gasteiger partial charge in [0.05, 0.1) is 7.11 Å². The minimum Gasteiger partial charge on any atom is -0.493 e. The zero-order valence-corrected chi connectivity index (χ0v) is 13.1. The molecular formula is C16H25NO4. The van der Waals surface area contributed by atoms with E-state index < -0.39 is 0 Å². The van der Waals surface area contributed by atoms with Crippen LogP contribution in [0.5, 0.6) is 17.2 Å². The second-order valence-corrected chi connectivity index (χ2v) is 5.56. The summed E-state index contributed by atoms with van der Waals surface area (Å²) in [4.78, 5) is 0. The Hall–Kier alpha value is -1.46. The van der Waals surface area contributed by atoms with Crippen LogP contribution >= 0.6 is 0 Å². The molecule has 0 spiro atoms. The Balaban J connectivity index is 2.13. The van der Waals surface area contributed by atoms with Gasteiger partial charge in [0.25, 0.3) is 0 Å². The highest BCUT2D eigenvalue weighted by Gasteiger charge is 2.22. The van der Waals surface area contributed by atoms with Gasteiger partial charge in [-0.1, -0.05) is 6.92 Å². The molecule has 2 N–H and O–H groups in total. The summed E-state index contributed by atoms with van der Waals surface area (Å²) in [5.74, 6) is 2.11. The normalized spacial score (nSPS) is 16.4. The van der Waals surface area contributed by atoms with E-state index in [0.29, 0.717) is 31.3 Å². The van der Waals surface area contributed by atoms with Gasteiger partial charge in [-0.3, -0.25) is 0 Å². The summed E-state index contributed by atoms with van der Waals surface area (Å²) in [7, 11) is 1.63. The summed E-state index contributed by atoms with van der Waals surface area (Å²) in [5.41, 5.74) is 1.00. The number of methoxy groups -OCH3 is 1. The van der Waals surface area contributed by atoms with Crippen molar-refractivity contribution in [2.75, 3.05) is 26.9 Å². The number of hydrogen-bond donors (Lipinski definition) is 2. The lowest BCUT2D eigenvalue weighted by atomic mass is 9.94. The molecule has 1 atom stereocenters. The van der Waals surface area contributed by atoms with Crippen LogP contribution in [-0.2, 0) is 6.54 Å². The summed E-state index contributed by atoms with van der Waals surface area (Å²) < 4.78 is 16.6. The Morgan fingerprint density at radius 2 is 2.10 bits per heavy atom. The Kier molecular flexibility index (Phi) is 5.31. The average Bonchev–Trinajstić information content (AvgIpc) is 2.52. The number of hydrogen-bond acceptors (Lipinski definition) is 5. The van der Waals surface area contributed by atoms with E-state index in [1.807, 2.05) is 12.1 Å². The van der Waals surface area contributed by atoms with Crippen LogP contribution in [0.15, 0.2) is 12.1 Å². The lowest BCUT2D eigenvalue weighted by Gasteiger charge is -2.29. The Morgan fingerprint density at radius 1 is 1.33 bits per heavy atom. The van der Waals surface area contributed by atoms with E-state index in [1.54, 1.807) is 7.11 Å². The molecule has 0 bridgehead atoms.